The summed E-state index contributed by atoms with van der Waals surface area (Å²) in [5.74, 6) is 0. The van der Waals surface area contributed by atoms with Crippen molar-refractivity contribution in [1.82, 2.24) is 5.32 Å². The Bertz CT molecular complexity index is 336. The van der Waals surface area contributed by atoms with Gasteiger partial charge in [-0.1, -0.05) is 29.8 Å². The number of hydrogen-bond acceptors (Lipinski definition) is 2. The van der Waals surface area contributed by atoms with E-state index in [0.29, 0.717) is 0 Å². The molecule has 0 aliphatic heterocycles. The summed E-state index contributed by atoms with van der Waals surface area (Å²) >= 11 is 0. The summed E-state index contributed by atoms with van der Waals surface area (Å²) in [7, 11) is 0. The fourth-order valence-electron chi connectivity index (χ4n) is 1.46. The van der Waals surface area contributed by atoms with E-state index in [-0.39, 0.29) is 6.54 Å². The maximum absolute atomic E-state index is 12.0. The van der Waals surface area contributed by atoms with E-state index in [1.54, 1.807) is 6.07 Å². The molecule has 0 aliphatic rings. The topological polar surface area (TPSA) is 38.0 Å². The third-order valence-corrected chi connectivity index (χ3v) is 2.23. The summed E-state index contributed by atoms with van der Waals surface area (Å²) in [5.41, 5.74) is 7.24. The number of halogens is 3. The number of nitrogens with one attached hydrogen (secondary N) is 1. The quantitative estimate of drug-likeness (QED) is 0.834. The van der Waals surface area contributed by atoms with Gasteiger partial charge in [-0.2, -0.15) is 13.2 Å². The highest BCUT2D eigenvalue weighted by Gasteiger charge is 2.28. The highest BCUT2D eigenvalue weighted by molar-refractivity contribution is 5.25. The van der Waals surface area contributed by atoms with Crippen LogP contribution in [0.3, 0.4) is 0 Å². The van der Waals surface area contributed by atoms with Gasteiger partial charge in [0.25, 0.3) is 0 Å². The van der Waals surface area contributed by atoms with Crippen molar-refractivity contribution in [2.24, 2.45) is 5.73 Å². The summed E-state index contributed by atoms with van der Waals surface area (Å²) in [6, 6.07) is 6.85. The molecule has 0 aliphatic carbocycles. The average molecular weight is 232 g/mol. The number of hydrogen-bond donors (Lipinski definition) is 2. The van der Waals surface area contributed by atoms with Crippen LogP contribution in [0.4, 0.5) is 13.2 Å². The summed E-state index contributed by atoms with van der Waals surface area (Å²) in [6.45, 7) is 1.00. The minimum Gasteiger partial charge on any atom is -0.329 e. The van der Waals surface area contributed by atoms with Crippen molar-refractivity contribution >= 4 is 0 Å². The smallest absolute Gasteiger partial charge is 0.329 e. The standard InChI is InChI=1S/C11H15F3N2/c1-8-3-2-4-9(5-8)10(6-15)16-7-11(12,13)14/h2-5,10,16H,6-7,15H2,1H3. The normalized spacial score (nSPS) is 13.8. The lowest BCUT2D eigenvalue weighted by Gasteiger charge is -2.18. The van der Waals surface area contributed by atoms with Crippen molar-refractivity contribution in [3.05, 3.63) is 35.4 Å². The van der Waals surface area contributed by atoms with Crippen LogP contribution in [0, 0.1) is 6.92 Å². The lowest BCUT2D eigenvalue weighted by molar-refractivity contribution is -0.126. The zero-order valence-corrected chi connectivity index (χ0v) is 9.01. The van der Waals surface area contributed by atoms with Gasteiger partial charge < -0.3 is 11.1 Å². The van der Waals surface area contributed by atoms with Crippen LogP contribution < -0.4 is 11.1 Å². The zero-order valence-electron chi connectivity index (χ0n) is 9.01. The highest BCUT2D eigenvalue weighted by Crippen LogP contribution is 2.17. The van der Waals surface area contributed by atoms with Gasteiger partial charge in [-0.3, -0.25) is 0 Å². The predicted molar refractivity (Wildman–Crippen MR) is 57.0 cm³/mol. The SMILES string of the molecule is Cc1cccc(C(CN)NCC(F)(F)F)c1. The summed E-state index contributed by atoms with van der Waals surface area (Å²) in [6.07, 6.45) is -4.21. The minimum absolute atomic E-state index is 0.138. The molecule has 90 valence electrons. The Balaban J connectivity index is 2.68. The van der Waals surface area contributed by atoms with Crippen LogP contribution in [0.15, 0.2) is 24.3 Å². The second-order valence-corrected chi connectivity index (χ2v) is 3.70. The van der Waals surface area contributed by atoms with Crippen LogP contribution in [-0.4, -0.2) is 19.3 Å². The molecule has 0 saturated heterocycles. The molecule has 0 radical (unpaired) electrons. The molecule has 5 heteroatoms. The van der Waals surface area contributed by atoms with Crippen molar-refractivity contribution in [3.8, 4) is 0 Å². The molecule has 0 spiro atoms. The van der Waals surface area contributed by atoms with Crippen molar-refractivity contribution in [2.45, 2.75) is 19.1 Å². The molecule has 1 aromatic carbocycles. The first-order valence-electron chi connectivity index (χ1n) is 4.99. The molecular formula is C11H15F3N2. The van der Waals surface area contributed by atoms with Gasteiger partial charge in [0.2, 0.25) is 0 Å². The van der Waals surface area contributed by atoms with E-state index >= 15 is 0 Å². The largest absolute Gasteiger partial charge is 0.401 e. The first-order chi connectivity index (χ1) is 7.42. The van der Waals surface area contributed by atoms with Crippen LogP contribution in [0.25, 0.3) is 0 Å². The van der Waals surface area contributed by atoms with Crippen molar-refractivity contribution < 1.29 is 13.2 Å². The fraction of sp³-hybridized carbons (Fsp3) is 0.455. The first kappa shape index (κ1) is 13.0. The van der Waals surface area contributed by atoms with E-state index in [2.05, 4.69) is 5.32 Å². The summed E-state index contributed by atoms with van der Waals surface area (Å²) in [4.78, 5) is 0. The van der Waals surface area contributed by atoms with Crippen molar-refractivity contribution in [1.29, 1.82) is 0 Å². The molecule has 0 fully saturated rings. The number of aryl methyl sites for hydroxylation is 1. The molecule has 0 aromatic heterocycles. The average Bonchev–Trinajstić information content (AvgIpc) is 2.17. The van der Waals surface area contributed by atoms with Gasteiger partial charge in [0.1, 0.15) is 0 Å². The molecule has 0 amide bonds. The summed E-state index contributed by atoms with van der Waals surface area (Å²) in [5, 5.41) is 2.40. The Morgan fingerprint density at radius 3 is 2.56 bits per heavy atom. The number of alkyl halides is 3. The van der Waals surface area contributed by atoms with Crippen LogP contribution in [0.2, 0.25) is 0 Å². The van der Waals surface area contributed by atoms with Gasteiger partial charge in [-0.15, -0.1) is 0 Å². The molecule has 0 bridgehead atoms. The van der Waals surface area contributed by atoms with Crippen LogP contribution in [0.1, 0.15) is 17.2 Å². The Labute approximate surface area is 92.6 Å². The molecular weight excluding hydrogens is 217 g/mol. The molecule has 1 atom stereocenters. The van der Waals surface area contributed by atoms with Gasteiger partial charge in [0.05, 0.1) is 6.54 Å². The summed E-state index contributed by atoms with van der Waals surface area (Å²) < 4.78 is 36.1. The van der Waals surface area contributed by atoms with E-state index in [4.69, 9.17) is 5.73 Å². The maximum atomic E-state index is 12.0. The Hall–Kier alpha value is -1.07. The van der Waals surface area contributed by atoms with Gasteiger partial charge >= 0.3 is 6.18 Å². The third-order valence-electron chi connectivity index (χ3n) is 2.23. The van der Waals surface area contributed by atoms with E-state index in [1.807, 2.05) is 25.1 Å². The van der Waals surface area contributed by atoms with Crippen LogP contribution in [0.5, 0.6) is 0 Å². The fourth-order valence-corrected chi connectivity index (χ4v) is 1.46. The predicted octanol–water partition coefficient (Wildman–Crippen LogP) is 2.15. The van der Waals surface area contributed by atoms with Crippen molar-refractivity contribution in [2.75, 3.05) is 13.1 Å². The van der Waals surface area contributed by atoms with Gasteiger partial charge in [0.15, 0.2) is 0 Å². The van der Waals surface area contributed by atoms with Gasteiger partial charge in [-0.25, -0.2) is 0 Å². The molecule has 1 unspecified atom stereocenters. The lowest BCUT2D eigenvalue weighted by Crippen LogP contribution is -2.35. The van der Waals surface area contributed by atoms with E-state index < -0.39 is 18.8 Å². The Morgan fingerprint density at radius 2 is 2.06 bits per heavy atom. The number of rotatable bonds is 4. The molecule has 16 heavy (non-hydrogen) atoms. The van der Waals surface area contributed by atoms with Crippen LogP contribution in [-0.2, 0) is 0 Å². The number of benzene rings is 1. The molecule has 2 nitrogen and oxygen atoms in total. The van der Waals surface area contributed by atoms with Crippen molar-refractivity contribution in [3.63, 3.8) is 0 Å². The minimum atomic E-state index is -4.21. The Kier molecular flexibility index (Phi) is 4.32. The molecule has 1 aromatic rings. The second-order valence-electron chi connectivity index (χ2n) is 3.70. The van der Waals surface area contributed by atoms with E-state index in [1.165, 1.54) is 0 Å². The highest BCUT2D eigenvalue weighted by atomic mass is 19.4. The third kappa shape index (κ3) is 4.20. The molecule has 0 saturated carbocycles. The first-order valence-corrected chi connectivity index (χ1v) is 4.99. The lowest BCUT2D eigenvalue weighted by atomic mass is 10.0. The van der Waals surface area contributed by atoms with Gasteiger partial charge in [-0.05, 0) is 12.5 Å². The number of nitrogens with two attached hydrogens (primary N) is 1. The van der Waals surface area contributed by atoms with E-state index in [9.17, 15) is 13.2 Å². The monoisotopic (exact) mass is 232 g/mol. The molecule has 3 N–H and O–H groups in total. The van der Waals surface area contributed by atoms with Crippen LogP contribution >= 0.6 is 0 Å². The second kappa shape index (κ2) is 5.32. The van der Waals surface area contributed by atoms with E-state index in [0.717, 1.165) is 11.1 Å². The van der Waals surface area contributed by atoms with Gasteiger partial charge in [0, 0.05) is 12.6 Å². The Morgan fingerprint density at radius 1 is 1.38 bits per heavy atom. The molecule has 1 rings (SSSR count). The zero-order chi connectivity index (χ0) is 12.2. The maximum Gasteiger partial charge on any atom is 0.401 e. The molecule has 0 heterocycles.